The van der Waals surface area contributed by atoms with E-state index in [0.717, 1.165) is 24.6 Å². The number of benzene rings is 1. The van der Waals surface area contributed by atoms with Crippen LogP contribution < -0.4 is 15.8 Å². The van der Waals surface area contributed by atoms with Crippen LogP contribution in [0.15, 0.2) is 35.1 Å². The van der Waals surface area contributed by atoms with Crippen LogP contribution in [0.4, 0.5) is 19.1 Å². The highest BCUT2D eigenvalue weighted by molar-refractivity contribution is 5.92. The normalized spacial score (nSPS) is 18.0. The summed E-state index contributed by atoms with van der Waals surface area (Å²) in [5.41, 5.74) is -1.29. The Hall–Kier alpha value is -2.88. The number of methoxy groups -OCH3 is 1. The van der Waals surface area contributed by atoms with Gasteiger partial charge in [0.15, 0.2) is 0 Å². The molecule has 3 rings (SSSR count). The molecule has 32 heavy (non-hydrogen) atoms. The van der Waals surface area contributed by atoms with E-state index in [2.05, 4.69) is 15.3 Å². The van der Waals surface area contributed by atoms with Gasteiger partial charge in [-0.1, -0.05) is 32.9 Å². The fourth-order valence-corrected chi connectivity index (χ4v) is 3.69. The number of rotatable bonds is 5. The van der Waals surface area contributed by atoms with Gasteiger partial charge in [0.25, 0.3) is 11.5 Å². The molecule has 1 aromatic heterocycles. The number of aromatic amines is 1. The second-order valence-electron chi connectivity index (χ2n) is 8.94. The van der Waals surface area contributed by atoms with Gasteiger partial charge >= 0.3 is 6.18 Å². The maximum absolute atomic E-state index is 13.0. The van der Waals surface area contributed by atoms with Gasteiger partial charge in [-0.15, -0.1) is 0 Å². The van der Waals surface area contributed by atoms with E-state index >= 15 is 0 Å². The third kappa shape index (κ3) is 5.48. The van der Waals surface area contributed by atoms with E-state index in [1.807, 2.05) is 25.7 Å². The summed E-state index contributed by atoms with van der Waals surface area (Å²) < 4.78 is 44.1. The average molecular weight is 452 g/mol. The van der Waals surface area contributed by atoms with Crippen molar-refractivity contribution in [2.75, 3.05) is 25.1 Å². The number of carbonyl (C=O) groups excluding carboxylic acids is 1. The van der Waals surface area contributed by atoms with Gasteiger partial charge in [0.1, 0.15) is 5.69 Å². The van der Waals surface area contributed by atoms with Crippen LogP contribution in [0.1, 0.15) is 54.8 Å². The molecule has 0 aliphatic carbocycles. The minimum atomic E-state index is -4.44. The van der Waals surface area contributed by atoms with Crippen LogP contribution in [0.2, 0.25) is 0 Å². The Morgan fingerprint density at radius 3 is 2.44 bits per heavy atom. The summed E-state index contributed by atoms with van der Waals surface area (Å²) in [5.74, 6) is -0.302. The van der Waals surface area contributed by atoms with Crippen molar-refractivity contribution in [2.45, 2.75) is 45.5 Å². The molecule has 2 N–H and O–H groups in total. The lowest BCUT2D eigenvalue weighted by Gasteiger charge is -2.32. The number of hydrogen-bond donors (Lipinski definition) is 2. The van der Waals surface area contributed by atoms with Crippen molar-refractivity contribution in [3.63, 3.8) is 0 Å². The molecule has 1 saturated heterocycles. The average Bonchev–Trinajstić information content (AvgIpc) is 3.19. The van der Waals surface area contributed by atoms with Crippen molar-refractivity contribution in [1.82, 2.24) is 15.3 Å². The van der Waals surface area contributed by atoms with Crippen molar-refractivity contribution in [1.29, 1.82) is 0 Å². The van der Waals surface area contributed by atoms with Gasteiger partial charge in [-0.05, 0) is 29.5 Å². The molecule has 1 amide bonds. The Morgan fingerprint density at radius 2 is 1.91 bits per heavy atom. The predicted octanol–water partition coefficient (Wildman–Crippen LogP) is 3.53. The Morgan fingerprint density at radius 1 is 1.25 bits per heavy atom. The first-order chi connectivity index (χ1) is 14.9. The minimum absolute atomic E-state index is 0.0164. The number of carbonyl (C=O) groups is 1. The lowest BCUT2D eigenvalue weighted by Crippen LogP contribution is -2.38. The number of hydrogen-bond acceptors (Lipinski definition) is 5. The topological polar surface area (TPSA) is 87.3 Å². The van der Waals surface area contributed by atoms with Gasteiger partial charge in [-0.25, -0.2) is 4.98 Å². The van der Waals surface area contributed by atoms with Crippen molar-refractivity contribution in [2.24, 2.45) is 5.41 Å². The van der Waals surface area contributed by atoms with Gasteiger partial charge in [0.2, 0.25) is 5.95 Å². The molecule has 174 valence electrons. The molecular formula is C22H27F3N4O3. The molecule has 2 atom stereocenters. The predicted molar refractivity (Wildman–Crippen MR) is 114 cm³/mol. The lowest BCUT2D eigenvalue weighted by molar-refractivity contribution is -0.137. The number of alkyl halides is 3. The Labute approximate surface area is 184 Å². The molecule has 0 saturated carbocycles. The van der Waals surface area contributed by atoms with Crippen LogP contribution in [0.5, 0.6) is 0 Å². The molecule has 2 heterocycles. The second kappa shape index (κ2) is 8.93. The first kappa shape index (κ1) is 23.8. The number of halogens is 3. The lowest BCUT2D eigenvalue weighted by atomic mass is 9.82. The number of amides is 1. The highest BCUT2D eigenvalue weighted by atomic mass is 19.4. The van der Waals surface area contributed by atoms with Crippen LogP contribution in [0.25, 0.3) is 0 Å². The first-order valence-electron chi connectivity index (χ1n) is 10.3. The van der Waals surface area contributed by atoms with Crippen LogP contribution in [-0.2, 0) is 10.9 Å². The number of ether oxygens (including phenoxy) is 1. The summed E-state index contributed by atoms with van der Waals surface area (Å²) in [7, 11) is 1.61. The molecule has 0 radical (unpaired) electrons. The Kier molecular flexibility index (Phi) is 6.64. The number of nitrogens with zero attached hydrogens (tertiary/aromatic N) is 2. The standard InChI is InChI=1S/C22H27F3N4O3/c1-21(2,3)18(13-5-7-14(8-6-13)22(23,24)25)28-19(31)16-11-17(30)27-20(26-16)29-10-9-15(12-29)32-4/h5-8,11,15,18H,9-10,12H2,1-4H3,(H,28,31)(H,26,27,30)/t15-,18-/m0/s1. The van der Waals surface area contributed by atoms with Gasteiger partial charge in [-0.2, -0.15) is 13.2 Å². The second-order valence-corrected chi connectivity index (χ2v) is 8.94. The van der Waals surface area contributed by atoms with Gasteiger partial charge in [0.05, 0.1) is 17.7 Å². The zero-order chi connectivity index (χ0) is 23.7. The third-order valence-electron chi connectivity index (χ3n) is 5.45. The minimum Gasteiger partial charge on any atom is -0.380 e. The van der Waals surface area contributed by atoms with E-state index < -0.39 is 34.7 Å². The van der Waals surface area contributed by atoms with Crippen molar-refractivity contribution in [3.8, 4) is 0 Å². The van der Waals surface area contributed by atoms with Crippen molar-refractivity contribution in [3.05, 3.63) is 57.5 Å². The SMILES string of the molecule is CO[C@H]1CCN(c2nc(C(=O)N[C@@H](c3ccc(C(F)(F)F)cc3)C(C)(C)C)cc(=O)[nH]2)C1. The molecule has 0 unspecified atom stereocenters. The monoisotopic (exact) mass is 452 g/mol. The molecule has 10 heteroatoms. The summed E-state index contributed by atoms with van der Waals surface area (Å²) in [4.78, 5) is 34.0. The Bertz CT molecular complexity index is 1010. The number of anilines is 1. The van der Waals surface area contributed by atoms with Crippen LogP contribution >= 0.6 is 0 Å². The van der Waals surface area contributed by atoms with Gasteiger partial charge in [0, 0.05) is 26.3 Å². The largest absolute Gasteiger partial charge is 0.416 e. The smallest absolute Gasteiger partial charge is 0.380 e. The molecule has 1 fully saturated rings. The molecule has 1 aliphatic rings. The molecule has 1 aromatic carbocycles. The van der Waals surface area contributed by atoms with E-state index in [1.54, 1.807) is 7.11 Å². The molecular weight excluding hydrogens is 425 g/mol. The number of H-pyrrole nitrogens is 1. The van der Waals surface area contributed by atoms with Gasteiger partial charge in [-0.3, -0.25) is 14.6 Å². The fourth-order valence-electron chi connectivity index (χ4n) is 3.69. The zero-order valence-electron chi connectivity index (χ0n) is 18.4. The maximum atomic E-state index is 13.0. The van der Waals surface area contributed by atoms with Crippen molar-refractivity contribution < 1.29 is 22.7 Å². The summed E-state index contributed by atoms with van der Waals surface area (Å²) >= 11 is 0. The van der Waals surface area contributed by atoms with E-state index in [-0.39, 0.29) is 17.7 Å². The maximum Gasteiger partial charge on any atom is 0.416 e. The van der Waals surface area contributed by atoms with E-state index in [1.165, 1.54) is 12.1 Å². The summed E-state index contributed by atoms with van der Waals surface area (Å²) in [6.07, 6.45) is -3.65. The molecule has 2 aromatic rings. The fraction of sp³-hybridized carbons (Fsp3) is 0.500. The molecule has 1 aliphatic heterocycles. The molecule has 7 nitrogen and oxygen atoms in total. The summed E-state index contributed by atoms with van der Waals surface area (Å²) in [6, 6.07) is 5.18. The molecule has 0 bridgehead atoms. The Balaban J connectivity index is 1.85. The number of aromatic nitrogens is 2. The highest BCUT2D eigenvalue weighted by Crippen LogP contribution is 2.35. The quantitative estimate of drug-likeness (QED) is 0.725. The van der Waals surface area contributed by atoms with Crippen LogP contribution in [-0.4, -0.2) is 42.2 Å². The zero-order valence-corrected chi connectivity index (χ0v) is 18.4. The van der Waals surface area contributed by atoms with Crippen LogP contribution in [0, 0.1) is 5.41 Å². The van der Waals surface area contributed by atoms with E-state index in [4.69, 9.17) is 4.74 Å². The first-order valence-corrected chi connectivity index (χ1v) is 10.3. The number of nitrogens with one attached hydrogen (secondary N) is 2. The van der Waals surface area contributed by atoms with E-state index in [9.17, 15) is 22.8 Å². The highest BCUT2D eigenvalue weighted by Gasteiger charge is 2.33. The van der Waals surface area contributed by atoms with E-state index in [0.29, 0.717) is 18.7 Å². The third-order valence-corrected chi connectivity index (χ3v) is 5.45. The summed E-state index contributed by atoms with van der Waals surface area (Å²) in [6.45, 7) is 6.76. The van der Waals surface area contributed by atoms with Crippen molar-refractivity contribution >= 4 is 11.9 Å². The molecule has 0 spiro atoms. The summed E-state index contributed by atoms with van der Waals surface area (Å²) in [5, 5.41) is 2.83. The van der Waals surface area contributed by atoms with Gasteiger partial charge < -0.3 is 15.0 Å². The van der Waals surface area contributed by atoms with Crippen LogP contribution in [0.3, 0.4) is 0 Å².